The standard InChI is InChI=1S/C23H17Cl6NO5S/c1-3-35-20(34)12-11(10-6-4-9(2)5-7-10)8-36-18(12)30-17(31)13-14(19(32)33)22(27)16(25)15(24)21(13,26)23(22,28)29/h4-8,13-14H,3H2,1-2H3,(H,30,31)(H,32,33)/t13-,14+,21+,22+/m0/s1. The predicted molar refractivity (Wildman–Crippen MR) is 144 cm³/mol. The van der Waals surface area contributed by atoms with E-state index in [9.17, 15) is 19.5 Å². The first-order valence-electron chi connectivity index (χ1n) is 10.5. The molecule has 2 aliphatic rings. The van der Waals surface area contributed by atoms with Crippen molar-refractivity contribution in [1.82, 2.24) is 0 Å². The molecule has 2 aromatic rings. The zero-order chi connectivity index (χ0) is 26.8. The molecule has 0 aliphatic heterocycles. The number of hydrogen-bond donors (Lipinski definition) is 2. The summed E-state index contributed by atoms with van der Waals surface area (Å²) in [6.07, 6.45) is 0. The van der Waals surface area contributed by atoms with Gasteiger partial charge in [-0.3, -0.25) is 9.59 Å². The molecule has 1 fully saturated rings. The Balaban J connectivity index is 1.80. The van der Waals surface area contributed by atoms with Crippen molar-refractivity contribution in [3.8, 4) is 11.1 Å². The van der Waals surface area contributed by atoms with E-state index in [0.717, 1.165) is 22.5 Å². The van der Waals surface area contributed by atoms with Crippen LogP contribution >= 0.6 is 80.9 Å². The molecular weight excluding hydrogens is 615 g/mol. The van der Waals surface area contributed by atoms with Crippen molar-refractivity contribution < 1.29 is 24.2 Å². The Morgan fingerprint density at radius 3 is 2.11 bits per heavy atom. The van der Waals surface area contributed by atoms with E-state index in [-0.39, 0.29) is 27.2 Å². The average molecular weight is 632 g/mol. The number of ether oxygens (including phenoxy) is 1. The summed E-state index contributed by atoms with van der Waals surface area (Å²) in [5, 5.41) is 13.7. The lowest BCUT2D eigenvalue weighted by Gasteiger charge is -2.33. The third kappa shape index (κ3) is 3.69. The second-order valence-corrected chi connectivity index (χ2v) is 12.5. The fourth-order valence-electron chi connectivity index (χ4n) is 4.62. The number of carboxylic acids is 1. The maximum Gasteiger partial charge on any atom is 0.341 e. The number of carboxylic acid groups (broad SMARTS) is 1. The van der Waals surface area contributed by atoms with E-state index >= 15 is 0 Å². The third-order valence-corrected chi connectivity index (χ3v) is 11.5. The number of aryl methyl sites for hydroxylation is 1. The van der Waals surface area contributed by atoms with Crippen LogP contribution in [0.4, 0.5) is 5.00 Å². The Labute approximate surface area is 240 Å². The highest BCUT2D eigenvalue weighted by atomic mass is 35.5. The molecule has 1 aromatic carbocycles. The highest BCUT2D eigenvalue weighted by Crippen LogP contribution is 2.76. The molecule has 6 nitrogen and oxygen atoms in total. The molecule has 1 saturated carbocycles. The second-order valence-electron chi connectivity index (χ2n) is 8.35. The fraction of sp³-hybridized carbons (Fsp3) is 0.348. The maximum absolute atomic E-state index is 13.6. The molecule has 4 rings (SSSR count). The van der Waals surface area contributed by atoms with Crippen molar-refractivity contribution in [1.29, 1.82) is 0 Å². The Morgan fingerprint density at radius 2 is 1.58 bits per heavy atom. The van der Waals surface area contributed by atoms with Crippen LogP contribution in [0.2, 0.25) is 0 Å². The van der Waals surface area contributed by atoms with Crippen molar-refractivity contribution in [3.05, 3.63) is 50.8 Å². The van der Waals surface area contributed by atoms with E-state index in [1.165, 1.54) is 0 Å². The van der Waals surface area contributed by atoms with Crippen molar-refractivity contribution in [3.63, 3.8) is 0 Å². The van der Waals surface area contributed by atoms with E-state index < -0.39 is 43.8 Å². The lowest BCUT2D eigenvalue weighted by molar-refractivity contribution is -0.146. The number of allylic oxidation sites excluding steroid dienone is 2. The van der Waals surface area contributed by atoms with Crippen LogP contribution in [0, 0.1) is 18.8 Å². The Kier molecular flexibility index (Phi) is 7.37. The van der Waals surface area contributed by atoms with Gasteiger partial charge in [0.15, 0.2) is 4.33 Å². The van der Waals surface area contributed by atoms with E-state index in [1.54, 1.807) is 12.3 Å². The number of halogens is 6. The summed E-state index contributed by atoms with van der Waals surface area (Å²) in [5.41, 5.74) is 2.36. The zero-order valence-corrected chi connectivity index (χ0v) is 23.9. The number of thiophene rings is 1. The summed E-state index contributed by atoms with van der Waals surface area (Å²) < 4.78 is 2.97. The number of fused-ring (bicyclic) bond motifs is 2. The smallest absolute Gasteiger partial charge is 0.341 e. The highest BCUT2D eigenvalue weighted by molar-refractivity contribution is 7.15. The van der Waals surface area contributed by atoms with Gasteiger partial charge in [0.1, 0.15) is 20.3 Å². The van der Waals surface area contributed by atoms with Crippen LogP contribution in [0.1, 0.15) is 22.8 Å². The minimum Gasteiger partial charge on any atom is -0.481 e. The van der Waals surface area contributed by atoms with Gasteiger partial charge in [-0.05, 0) is 19.4 Å². The normalized spacial score (nSPS) is 28.3. The summed E-state index contributed by atoms with van der Waals surface area (Å²) in [7, 11) is 0. The molecule has 36 heavy (non-hydrogen) atoms. The molecule has 4 atom stereocenters. The highest BCUT2D eigenvalue weighted by Gasteiger charge is 2.85. The summed E-state index contributed by atoms with van der Waals surface area (Å²) in [6.45, 7) is 3.67. The summed E-state index contributed by atoms with van der Waals surface area (Å²) in [6, 6.07) is 7.41. The lowest BCUT2D eigenvalue weighted by Crippen LogP contribution is -2.47. The number of amides is 1. The lowest BCUT2D eigenvalue weighted by atomic mass is 9.81. The maximum atomic E-state index is 13.6. The van der Waals surface area contributed by atoms with Gasteiger partial charge in [0.05, 0.1) is 28.5 Å². The van der Waals surface area contributed by atoms with Gasteiger partial charge in [-0.1, -0.05) is 76.2 Å². The summed E-state index contributed by atoms with van der Waals surface area (Å²) in [4.78, 5) is 34.5. The number of hydrogen-bond acceptors (Lipinski definition) is 5. The molecule has 13 heteroatoms. The number of carbonyl (C=O) groups is 3. The Morgan fingerprint density at radius 1 is 1.03 bits per heavy atom. The first-order valence-corrected chi connectivity index (χ1v) is 13.6. The number of anilines is 1. The molecule has 1 heterocycles. The van der Waals surface area contributed by atoms with Gasteiger partial charge in [-0.2, -0.15) is 0 Å². The first kappa shape index (κ1) is 27.8. The molecule has 1 amide bonds. The van der Waals surface area contributed by atoms with E-state index in [4.69, 9.17) is 74.3 Å². The quantitative estimate of drug-likeness (QED) is 0.265. The molecule has 2 aliphatic carbocycles. The van der Waals surface area contributed by atoms with Crippen LogP contribution in [-0.4, -0.2) is 43.6 Å². The molecule has 0 saturated heterocycles. The SMILES string of the molecule is CCOC(=O)c1c(-c2ccc(C)cc2)csc1NC(=O)[C@@H]1[C@H](C(=O)O)[C@@]2(Cl)C(Cl)=C(Cl)[C@@]1(Cl)C2(Cl)Cl. The number of rotatable bonds is 6. The zero-order valence-electron chi connectivity index (χ0n) is 18.5. The number of aliphatic carboxylic acids is 1. The number of nitrogens with one attached hydrogen (secondary N) is 1. The van der Waals surface area contributed by atoms with Crippen LogP contribution in [0.25, 0.3) is 11.1 Å². The number of benzene rings is 1. The van der Waals surface area contributed by atoms with Gasteiger partial charge in [-0.25, -0.2) is 4.79 Å². The molecule has 2 N–H and O–H groups in total. The van der Waals surface area contributed by atoms with Crippen molar-refractivity contribution >= 4 is 104 Å². The molecule has 1 aromatic heterocycles. The fourth-order valence-corrected chi connectivity index (χ4v) is 8.51. The number of carbonyl (C=O) groups excluding carboxylic acids is 2. The van der Waals surface area contributed by atoms with Gasteiger partial charge >= 0.3 is 11.9 Å². The second kappa shape index (κ2) is 9.53. The minimum absolute atomic E-state index is 0.0958. The van der Waals surface area contributed by atoms with E-state index in [0.29, 0.717) is 5.56 Å². The molecule has 192 valence electrons. The Bertz CT molecular complexity index is 1310. The molecule has 0 spiro atoms. The number of esters is 1. The van der Waals surface area contributed by atoms with Gasteiger partial charge < -0.3 is 15.2 Å². The summed E-state index contributed by atoms with van der Waals surface area (Å²) >= 11 is 39.9. The Hall–Kier alpha value is -1.19. The largest absolute Gasteiger partial charge is 0.481 e. The molecular formula is C23H17Cl6NO5S. The predicted octanol–water partition coefficient (Wildman–Crippen LogP) is 7.00. The van der Waals surface area contributed by atoms with Crippen LogP contribution in [0.5, 0.6) is 0 Å². The molecule has 0 radical (unpaired) electrons. The van der Waals surface area contributed by atoms with Crippen molar-refractivity contribution in [2.75, 3.05) is 11.9 Å². The van der Waals surface area contributed by atoms with Gasteiger partial charge in [0.2, 0.25) is 5.91 Å². The van der Waals surface area contributed by atoms with Crippen LogP contribution in [0.15, 0.2) is 39.7 Å². The van der Waals surface area contributed by atoms with Crippen LogP contribution in [0.3, 0.4) is 0 Å². The first-order chi connectivity index (χ1) is 16.7. The van der Waals surface area contributed by atoms with Gasteiger partial charge in [-0.15, -0.1) is 34.5 Å². The minimum atomic E-state index is -2.24. The van der Waals surface area contributed by atoms with Gasteiger partial charge in [0.25, 0.3) is 0 Å². The topological polar surface area (TPSA) is 92.7 Å². The van der Waals surface area contributed by atoms with Crippen molar-refractivity contribution in [2.24, 2.45) is 11.8 Å². The third-order valence-electron chi connectivity index (χ3n) is 6.35. The van der Waals surface area contributed by atoms with Crippen LogP contribution < -0.4 is 5.32 Å². The molecule has 0 unspecified atom stereocenters. The van der Waals surface area contributed by atoms with E-state index in [1.807, 2.05) is 31.2 Å². The van der Waals surface area contributed by atoms with Gasteiger partial charge in [0, 0.05) is 10.9 Å². The average Bonchev–Trinajstić information content (AvgIpc) is 3.31. The van der Waals surface area contributed by atoms with Crippen molar-refractivity contribution in [2.45, 2.75) is 27.9 Å². The number of alkyl halides is 4. The summed E-state index contributed by atoms with van der Waals surface area (Å²) in [5.74, 6) is -6.45. The van der Waals surface area contributed by atoms with E-state index in [2.05, 4.69) is 5.32 Å². The molecule has 2 bridgehead atoms. The monoisotopic (exact) mass is 629 g/mol. The van der Waals surface area contributed by atoms with Crippen LogP contribution in [-0.2, 0) is 14.3 Å².